The summed E-state index contributed by atoms with van der Waals surface area (Å²) in [7, 11) is 0. The van der Waals surface area contributed by atoms with Gasteiger partial charge in [-0.05, 0) is 88.7 Å². The maximum Gasteiger partial charge on any atom is 0.303 e. The maximum atomic E-state index is 14.3. The summed E-state index contributed by atoms with van der Waals surface area (Å²) in [4.78, 5) is 52.1. The molecule has 5 unspecified atom stereocenters. The normalized spacial score (nSPS) is 42.4. The molecule has 0 heterocycles. The van der Waals surface area contributed by atoms with Gasteiger partial charge >= 0.3 is 5.97 Å². The fourth-order valence-corrected chi connectivity index (χ4v) is 9.40. The van der Waals surface area contributed by atoms with Crippen molar-refractivity contribution in [1.82, 2.24) is 0 Å². The third-order valence-corrected chi connectivity index (χ3v) is 11.5. The number of ether oxygens (including phenoxy) is 1. The Balaban J connectivity index is 1.75. The van der Waals surface area contributed by atoms with Gasteiger partial charge in [0.05, 0.1) is 6.10 Å². The summed E-state index contributed by atoms with van der Waals surface area (Å²) in [5, 5.41) is 34.0. The van der Waals surface area contributed by atoms with E-state index < -0.39 is 62.7 Å². The van der Waals surface area contributed by atoms with Gasteiger partial charge in [-0.25, -0.2) is 0 Å². The molecule has 0 aromatic heterocycles. The number of rotatable bonds is 5. The molecular formula is C32H46O8. The van der Waals surface area contributed by atoms with Gasteiger partial charge in [-0.1, -0.05) is 32.4 Å². The number of Topliss-reactive ketones (excluding diaryl/α,β-unsaturated/α-hetero) is 2. The van der Waals surface area contributed by atoms with E-state index >= 15 is 0 Å². The molecule has 9 atom stereocenters. The highest BCUT2D eigenvalue weighted by molar-refractivity contribution is 5.98. The molecule has 0 spiro atoms. The highest BCUT2D eigenvalue weighted by Gasteiger charge is 2.74. The van der Waals surface area contributed by atoms with Crippen molar-refractivity contribution < 1.29 is 39.2 Å². The first-order valence-corrected chi connectivity index (χ1v) is 14.4. The third kappa shape index (κ3) is 4.11. The van der Waals surface area contributed by atoms with Gasteiger partial charge in [0.2, 0.25) is 0 Å². The zero-order chi connectivity index (χ0) is 30.4. The molecule has 0 saturated heterocycles. The summed E-state index contributed by atoms with van der Waals surface area (Å²) in [6.45, 7) is 15.4. The second-order valence-electron chi connectivity index (χ2n) is 14.8. The lowest BCUT2D eigenvalue weighted by Crippen LogP contribution is -2.65. The summed E-state index contributed by atoms with van der Waals surface area (Å²) >= 11 is 0. The molecule has 3 saturated carbocycles. The molecule has 0 aliphatic heterocycles. The maximum absolute atomic E-state index is 14.3. The van der Waals surface area contributed by atoms with E-state index in [-0.39, 0.29) is 36.2 Å². The molecule has 0 amide bonds. The summed E-state index contributed by atoms with van der Waals surface area (Å²) in [6.07, 6.45) is 3.55. The molecule has 3 fully saturated rings. The first-order chi connectivity index (χ1) is 18.1. The van der Waals surface area contributed by atoms with Crippen LogP contribution in [0.2, 0.25) is 0 Å². The first-order valence-electron chi connectivity index (χ1n) is 14.4. The lowest BCUT2D eigenvalue weighted by Gasteiger charge is -2.64. The number of hydrogen-bond acceptors (Lipinski definition) is 8. The van der Waals surface area contributed by atoms with Crippen LogP contribution in [0.15, 0.2) is 23.8 Å². The lowest BCUT2D eigenvalue weighted by atomic mass is 9.38. The van der Waals surface area contributed by atoms with Crippen LogP contribution >= 0.6 is 0 Å². The standard InChI is InChI=1S/C32H46O8/c1-17(33)40-27(2,3)13-12-23(36)32(9,39)25-21(35)15-29(6)22-11-10-18-19(14-20(34)26(38)28(18,4)5)31(22,8)24(37)16-30(25,29)7/h10,12-13,19-22,25,34-35,39H,11,14-16H2,1-9H3/t19?,20?,21?,22?,25?,29-,30+,31-,32-/m0/s1. The average molecular weight is 559 g/mol. The number of hydrogen-bond donors (Lipinski definition) is 3. The summed E-state index contributed by atoms with van der Waals surface area (Å²) in [6, 6.07) is 0. The Bertz CT molecular complexity index is 1210. The number of aliphatic hydroxyl groups is 3. The van der Waals surface area contributed by atoms with Gasteiger partial charge in [-0.15, -0.1) is 0 Å². The van der Waals surface area contributed by atoms with E-state index in [0.29, 0.717) is 12.8 Å². The predicted molar refractivity (Wildman–Crippen MR) is 148 cm³/mol. The Labute approximate surface area is 237 Å². The molecule has 4 aliphatic carbocycles. The molecule has 4 aliphatic rings. The number of carbonyl (C=O) groups excluding carboxylic acids is 4. The molecule has 8 heteroatoms. The average Bonchev–Trinajstić information content (AvgIpc) is 3.01. The quantitative estimate of drug-likeness (QED) is 0.265. The Kier molecular flexibility index (Phi) is 7.06. The molecular weight excluding hydrogens is 512 g/mol. The second kappa shape index (κ2) is 9.17. The van der Waals surface area contributed by atoms with E-state index in [1.807, 2.05) is 27.7 Å². The minimum atomic E-state index is -1.99. The fourth-order valence-electron chi connectivity index (χ4n) is 9.40. The minimum Gasteiger partial charge on any atom is -0.456 e. The highest BCUT2D eigenvalue weighted by Crippen LogP contribution is 2.74. The van der Waals surface area contributed by atoms with Crippen molar-refractivity contribution in [2.24, 2.45) is 39.4 Å². The van der Waals surface area contributed by atoms with Gasteiger partial charge < -0.3 is 20.1 Å². The minimum absolute atomic E-state index is 0.0284. The van der Waals surface area contributed by atoms with Crippen LogP contribution in [0.25, 0.3) is 0 Å². The van der Waals surface area contributed by atoms with Gasteiger partial charge in [0.25, 0.3) is 0 Å². The van der Waals surface area contributed by atoms with Crippen molar-refractivity contribution >= 4 is 23.3 Å². The van der Waals surface area contributed by atoms with Crippen LogP contribution in [0.1, 0.15) is 88.0 Å². The van der Waals surface area contributed by atoms with Crippen molar-refractivity contribution in [3.8, 4) is 0 Å². The molecule has 4 rings (SSSR count). The molecule has 0 aromatic rings. The lowest BCUT2D eigenvalue weighted by molar-refractivity contribution is -0.183. The first kappa shape index (κ1) is 30.8. The third-order valence-electron chi connectivity index (χ3n) is 11.5. The predicted octanol–water partition coefficient (Wildman–Crippen LogP) is 3.50. The molecule has 0 aromatic carbocycles. The zero-order valence-corrected chi connectivity index (χ0v) is 25.3. The van der Waals surface area contributed by atoms with Crippen LogP contribution in [0.5, 0.6) is 0 Å². The van der Waals surface area contributed by atoms with Crippen molar-refractivity contribution in [3.05, 3.63) is 23.8 Å². The van der Waals surface area contributed by atoms with Gasteiger partial charge in [0.1, 0.15) is 23.1 Å². The summed E-state index contributed by atoms with van der Waals surface area (Å²) < 4.78 is 5.23. The van der Waals surface area contributed by atoms with E-state index in [4.69, 9.17) is 4.74 Å². The summed E-state index contributed by atoms with van der Waals surface area (Å²) in [5.74, 6) is -2.85. The van der Waals surface area contributed by atoms with Crippen LogP contribution in [-0.4, -0.2) is 62.0 Å². The molecule has 0 radical (unpaired) electrons. The van der Waals surface area contributed by atoms with Crippen LogP contribution in [-0.2, 0) is 23.9 Å². The van der Waals surface area contributed by atoms with E-state index in [1.165, 1.54) is 26.0 Å². The second-order valence-corrected chi connectivity index (χ2v) is 14.8. The number of aliphatic hydroxyl groups excluding tert-OH is 2. The SMILES string of the molecule is CC(=O)OC(C)(C)C=CC(=O)[C@](C)(O)C1C(O)C[C@@]2(C)C3CC=C4C(CC(O)C(=O)C4(C)C)[C@]3(C)C(=O)C[C@]12C. The van der Waals surface area contributed by atoms with E-state index in [0.717, 1.165) is 5.57 Å². The number of esters is 1. The number of fused-ring (bicyclic) bond motifs is 5. The van der Waals surface area contributed by atoms with Gasteiger partial charge in [-0.2, -0.15) is 0 Å². The van der Waals surface area contributed by atoms with Crippen LogP contribution in [0, 0.1) is 39.4 Å². The fraction of sp³-hybridized carbons (Fsp3) is 0.750. The van der Waals surface area contributed by atoms with E-state index in [9.17, 15) is 34.5 Å². The van der Waals surface area contributed by atoms with Gasteiger partial charge in [0.15, 0.2) is 11.6 Å². The monoisotopic (exact) mass is 558 g/mol. The smallest absolute Gasteiger partial charge is 0.303 e. The van der Waals surface area contributed by atoms with Crippen molar-refractivity contribution in [3.63, 3.8) is 0 Å². The van der Waals surface area contributed by atoms with Gasteiger partial charge in [-0.3, -0.25) is 19.2 Å². The summed E-state index contributed by atoms with van der Waals surface area (Å²) in [5.41, 5.74) is -5.43. The molecule has 3 N–H and O–H groups in total. The van der Waals surface area contributed by atoms with Crippen LogP contribution < -0.4 is 0 Å². The van der Waals surface area contributed by atoms with Crippen molar-refractivity contribution in [1.29, 1.82) is 0 Å². The Hall–Kier alpha value is -2.16. The topological polar surface area (TPSA) is 138 Å². The van der Waals surface area contributed by atoms with Crippen molar-refractivity contribution in [2.75, 3.05) is 0 Å². The van der Waals surface area contributed by atoms with Crippen molar-refractivity contribution in [2.45, 2.75) is 111 Å². The Morgan fingerprint density at radius 3 is 2.23 bits per heavy atom. The molecule has 40 heavy (non-hydrogen) atoms. The zero-order valence-electron chi connectivity index (χ0n) is 25.3. The molecule has 8 nitrogen and oxygen atoms in total. The highest BCUT2D eigenvalue weighted by atomic mass is 16.6. The Morgan fingerprint density at radius 2 is 1.65 bits per heavy atom. The Morgan fingerprint density at radius 1 is 1.05 bits per heavy atom. The molecule has 222 valence electrons. The number of carbonyl (C=O) groups is 4. The van der Waals surface area contributed by atoms with Crippen LogP contribution in [0.4, 0.5) is 0 Å². The van der Waals surface area contributed by atoms with Gasteiger partial charge in [0, 0.05) is 30.1 Å². The number of ketones is 3. The molecule has 0 bridgehead atoms. The van der Waals surface area contributed by atoms with Crippen LogP contribution in [0.3, 0.4) is 0 Å². The number of allylic oxidation sites excluding steroid dienone is 2. The largest absolute Gasteiger partial charge is 0.456 e. The van der Waals surface area contributed by atoms with E-state index in [2.05, 4.69) is 13.0 Å². The van der Waals surface area contributed by atoms with E-state index in [1.54, 1.807) is 13.8 Å².